The monoisotopic (exact) mass is 299 g/mol. The zero-order valence-electron chi connectivity index (χ0n) is 13.0. The Balaban J connectivity index is 1.65. The second-order valence-electron chi connectivity index (χ2n) is 6.27. The van der Waals surface area contributed by atoms with E-state index in [0.29, 0.717) is 29.1 Å². The maximum absolute atomic E-state index is 12.6. The van der Waals surface area contributed by atoms with Crippen molar-refractivity contribution in [3.63, 3.8) is 0 Å². The van der Waals surface area contributed by atoms with Gasteiger partial charge in [0.2, 0.25) is 5.91 Å². The third kappa shape index (κ3) is 2.64. The minimum absolute atomic E-state index is 0.0411. The molecule has 5 nitrogen and oxygen atoms in total. The number of carbonyl (C=O) groups excluding carboxylic acids is 2. The summed E-state index contributed by atoms with van der Waals surface area (Å²) in [5, 5.41) is 2.68. The van der Waals surface area contributed by atoms with Crippen LogP contribution in [0.25, 0.3) is 0 Å². The molecule has 1 N–H and O–H groups in total. The number of piperidine rings is 1. The van der Waals surface area contributed by atoms with Crippen LogP contribution in [0.1, 0.15) is 10.4 Å². The summed E-state index contributed by atoms with van der Waals surface area (Å²) < 4.78 is 0. The smallest absolute Gasteiger partial charge is 0.253 e. The van der Waals surface area contributed by atoms with E-state index in [9.17, 15) is 9.59 Å². The second-order valence-corrected chi connectivity index (χ2v) is 6.27. The van der Waals surface area contributed by atoms with E-state index in [1.165, 1.54) is 6.08 Å². The lowest BCUT2D eigenvalue weighted by atomic mass is 10.1. The summed E-state index contributed by atoms with van der Waals surface area (Å²) >= 11 is 0. The van der Waals surface area contributed by atoms with Gasteiger partial charge in [-0.25, -0.2) is 0 Å². The number of carbonyl (C=O) groups is 2. The van der Waals surface area contributed by atoms with E-state index in [4.69, 9.17) is 0 Å². The van der Waals surface area contributed by atoms with Gasteiger partial charge >= 0.3 is 0 Å². The first kappa shape index (κ1) is 14.8. The molecule has 22 heavy (non-hydrogen) atoms. The quantitative estimate of drug-likeness (QED) is 0.856. The molecular formula is C17H21N3O2. The van der Waals surface area contributed by atoms with Crippen molar-refractivity contribution in [2.24, 2.45) is 11.8 Å². The molecule has 116 valence electrons. The summed E-state index contributed by atoms with van der Waals surface area (Å²) in [6.07, 6.45) is 1.21. The summed E-state index contributed by atoms with van der Waals surface area (Å²) in [6.45, 7) is 5.08. The van der Waals surface area contributed by atoms with Crippen LogP contribution in [0.2, 0.25) is 0 Å². The minimum atomic E-state index is -0.277. The lowest BCUT2D eigenvalue weighted by Crippen LogP contribution is -2.35. The molecule has 1 aromatic rings. The van der Waals surface area contributed by atoms with E-state index in [1.54, 1.807) is 24.3 Å². The van der Waals surface area contributed by atoms with Gasteiger partial charge in [0.15, 0.2) is 0 Å². The van der Waals surface area contributed by atoms with Crippen LogP contribution >= 0.6 is 0 Å². The summed E-state index contributed by atoms with van der Waals surface area (Å²) in [6, 6.07) is 7.69. The van der Waals surface area contributed by atoms with Crippen molar-refractivity contribution in [2.45, 2.75) is 6.04 Å². The van der Waals surface area contributed by atoms with E-state index in [1.807, 2.05) is 4.90 Å². The zero-order valence-corrected chi connectivity index (χ0v) is 13.0. The molecule has 5 heteroatoms. The number of likely N-dealkylation sites (tertiary alicyclic amines) is 1. The number of fused-ring (bicyclic) bond motifs is 1. The Bertz CT molecular complexity index is 614. The van der Waals surface area contributed by atoms with Gasteiger partial charge in [-0.3, -0.25) is 9.59 Å². The molecule has 3 atom stereocenters. The molecule has 1 unspecified atom stereocenters. The molecular weight excluding hydrogens is 278 g/mol. The predicted molar refractivity (Wildman–Crippen MR) is 85.6 cm³/mol. The fourth-order valence-electron chi connectivity index (χ4n) is 3.53. The number of nitrogens with one attached hydrogen (secondary N) is 1. The highest BCUT2D eigenvalue weighted by Crippen LogP contribution is 2.48. The highest BCUT2D eigenvalue weighted by Gasteiger charge is 2.57. The molecule has 0 radical (unpaired) electrons. The fourth-order valence-corrected chi connectivity index (χ4v) is 3.53. The van der Waals surface area contributed by atoms with E-state index in [-0.39, 0.29) is 11.8 Å². The number of anilines is 1. The average molecular weight is 299 g/mol. The van der Waals surface area contributed by atoms with Crippen LogP contribution in [-0.4, -0.2) is 54.8 Å². The first-order valence-electron chi connectivity index (χ1n) is 7.50. The Morgan fingerprint density at radius 3 is 2.59 bits per heavy atom. The molecule has 1 aliphatic heterocycles. The van der Waals surface area contributed by atoms with Crippen LogP contribution in [0, 0.1) is 11.8 Å². The topological polar surface area (TPSA) is 52.7 Å². The van der Waals surface area contributed by atoms with E-state index in [0.717, 1.165) is 13.1 Å². The van der Waals surface area contributed by atoms with Crippen molar-refractivity contribution in [2.75, 3.05) is 32.5 Å². The molecule has 1 saturated heterocycles. The maximum atomic E-state index is 12.6. The van der Waals surface area contributed by atoms with Crippen LogP contribution in [0.4, 0.5) is 5.69 Å². The third-order valence-corrected chi connectivity index (χ3v) is 4.59. The van der Waals surface area contributed by atoms with Crippen LogP contribution < -0.4 is 5.32 Å². The molecule has 2 fully saturated rings. The molecule has 1 aromatic carbocycles. The van der Waals surface area contributed by atoms with Gasteiger partial charge < -0.3 is 15.1 Å². The Hall–Kier alpha value is -2.14. The fraction of sp³-hybridized carbons (Fsp3) is 0.412. The van der Waals surface area contributed by atoms with Gasteiger partial charge in [-0.05, 0) is 50.2 Å². The highest BCUT2D eigenvalue weighted by atomic mass is 16.2. The van der Waals surface area contributed by atoms with Crippen molar-refractivity contribution < 1.29 is 9.59 Å². The molecule has 0 spiro atoms. The Labute approximate surface area is 130 Å². The maximum Gasteiger partial charge on any atom is 0.253 e. The van der Waals surface area contributed by atoms with Gasteiger partial charge in [0.25, 0.3) is 5.91 Å². The molecule has 0 aromatic heterocycles. The number of hydrogen-bond donors (Lipinski definition) is 1. The molecule has 1 aliphatic carbocycles. The molecule has 1 heterocycles. The normalized spacial score (nSPS) is 25.8. The molecule has 2 aliphatic rings. The van der Waals surface area contributed by atoms with Gasteiger partial charge in [-0.15, -0.1) is 0 Å². The second kappa shape index (κ2) is 5.57. The van der Waals surface area contributed by atoms with Gasteiger partial charge in [0.05, 0.1) is 0 Å². The van der Waals surface area contributed by atoms with Gasteiger partial charge in [0, 0.05) is 30.4 Å². The number of hydrogen-bond acceptors (Lipinski definition) is 3. The summed E-state index contributed by atoms with van der Waals surface area (Å²) in [5.74, 6) is 0.991. The van der Waals surface area contributed by atoms with Gasteiger partial charge in [-0.1, -0.05) is 12.6 Å². The third-order valence-electron chi connectivity index (χ3n) is 4.59. The standard InChI is InChI=1S/C17H21N3O2/c1-4-15(21)18-12-7-5-6-11(8-12)17(22)20-9-13-14(10-20)16(13)19(2)3/h4-8,13-14,16H,1,9-10H2,2-3H3,(H,18,21)/t13-,14+,16?. The SMILES string of the molecule is C=CC(=O)Nc1cccc(C(=O)N2C[C@@H]3C(N(C)C)[C@@H]3C2)c1. The first-order chi connectivity index (χ1) is 10.5. The Morgan fingerprint density at radius 2 is 2.00 bits per heavy atom. The van der Waals surface area contributed by atoms with Crippen molar-refractivity contribution in [3.05, 3.63) is 42.5 Å². The van der Waals surface area contributed by atoms with Crippen LogP contribution in [0.3, 0.4) is 0 Å². The molecule has 2 amide bonds. The van der Waals surface area contributed by atoms with Crippen LogP contribution in [0.5, 0.6) is 0 Å². The van der Waals surface area contributed by atoms with Crippen molar-refractivity contribution >= 4 is 17.5 Å². The van der Waals surface area contributed by atoms with Crippen LogP contribution in [-0.2, 0) is 4.79 Å². The van der Waals surface area contributed by atoms with Crippen molar-refractivity contribution in [1.82, 2.24) is 9.80 Å². The Morgan fingerprint density at radius 1 is 1.32 bits per heavy atom. The van der Waals surface area contributed by atoms with Gasteiger partial charge in [-0.2, -0.15) is 0 Å². The van der Waals surface area contributed by atoms with Crippen LogP contribution in [0.15, 0.2) is 36.9 Å². The highest BCUT2D eigenvalue weighted by molar-refractivity contribution is 6.00. The summed E-state index contributed by atoms with van der Waals surface area (Å²) in [7, 11) is 4.20. The largest absolute Gasteiger partial charge is 0.338 e. The lowest BCUT2D eigenvalue weighted by molar-refractivity contribution is -0.111. The van der Waals surface area contributed by atoms with Crippen molar-refractivity contribution in [3.8, 4) is 0 Å². The average Bonchev–Trinajstić information content (AvgIpc) is 3.02. The molecule has 0 bridgehead atoms. The summed E-state index contributed by atoms with van der Waals surface area (Å²) in [5.41, 5.74) is 1.23. The molecule has 1 saturated carbocycles. The zero-order chi connectivity index (χ0) is 15.9. The van der Waals surface area contributed by atoms with Crippen molar-refractivity contribution in [1.29, 1.82) is 0 Å². The van der Waals surface area contributed by atoms with E-state index >= 15 is 0 Å². The number of benzene rings is 1. The number of amides is 2. The van der Waals surface area contributed by atoms with Gasteiger partial charge in [0.1, 0.15) is 0 Å². The number of rotatable bonds is 4. The predicted octanol–water partition coefficient (Wildman–Crippen LogP) is 1.44. The minimum Gasteiger partial charge on any atom is -0.338 e. The Kier molecular flexibility index (Phi) is 3.74. The summed E-state index contributed by atoms with van der Waals surface area (Å²) in [4.78, 5) is 28.1. The first-order valence-corrected chi connectivity index (χ1v) is 7.50. The van der Waals surface area contributed by atoms with E-state index < -0.39 is 0 Å². The molecule has 3 rings (SSSR count). The number of nitrogens with zero attached hydrogens (tertiary/aromatic N) is 2. The lowest BCUT2D eigenvalue weighted by Gasteiger charge is -2.22. The van der Waals surface area contributed by atoms with E-state index in [2.05, 4.69) is 30.9 Å².